The molecule has 0 bridgehead atoms. The van der Waals surface area contributed by atoms with Gasteiger partial charge in [-0.15, -0.1) is 0 Å². The third-order valence-electron chi connectivity index (χ3n) is 1.78. The van der Waals surface area contributed by atoms with Crippen LogP contribution in [0.25, 0.3) is 0 Å². The van der Waals surface area contributed by atoms with E-state index in [9.17, 15) is 8.78 Å². The number of anilines is 1. The minimum absolute atomic E-state index is 0.102. The summed E-state index contributed by atoms with van der Waals surface area (Å²) in [7, 11) is 1.60. The summed E-state index contributed by atoms with van der Waals surface area (Å²) in [4.78, 5) is 0. The lowest BCUT2D eigenvalue weighted by molar-refractivity contribution is 0.122. The van der Waals surface area contributed by atoms with E-state index in [1.54, 1.807) is 13.2 Å². The summed E-state index contributed by atoms with van der Waals surface area (Å²) in [5.74, 6) is 0.584. The quantitative estimate of drug-likeness (QED) is 0.789. The molecule has 0 saturated heterocycles. The predicted molar refractivity (Wildman–Crippen MR) is 53.2 cm³/mol. The summed E-state index contributed by atoms with van der Waals surface area (Å²) in [6, 6.07) is 1.76. The van der Waals surface area contributed by atoms with Gasteiger partial charge in [-0.05, 0) is 6.92 Å². The first-order valence-electron chi connectivity index (χ1n) is 4.69. The molecule has 4 nitrogen and oxygen atoms in total. The Balaban J connectivity index is 2.45. The fourth-order valence-corrected chi connectivity index (χ4v) is 1.23. The van der Waals surface area contributed by atoms with Crippen LogP contribution in [-0.2, 0) is 11.3 Å². The zero-order valence-electron chi connectivity index (χ0n) is 8.78. The zero-order valence-corrected chi connectivity index (χ0v) is 8.78. The van der Waals surface area contributed by atoms with E-state index in [-0.39, 0.29) is 12.6 Å². The number of methoxy groups -OCH3 is 1. The summed E-state index contributed by atoms with van der Waals surface area (Å²) >= 11 is 0. The highest BCUT2D eigenvalue weighted by Crippen LogP contribution is 2.06. The SMILES string of the molecule is COCC(C)Nc1ccn(CC(F)F)n1. The standard InChI is InChI=1S/C9H15F2N3O/c1-7(6-15-2)12-9-3-4-14(13-9)5-8(10)11/h3-4,7-8H,5-6H2,1-2H3,(H,12,13). The van der Waals surface area contributed by atoms with Gasteiger partial charge in [-0.3, -0.25) is 4.68 Å². The largest absolute Gasteiger partial charge is 0.383 e. The number of alkyl halides is 2. The molecule has 1 N–H and O–H groups in total. The van der Waals surface area contributed by atoms with Crippen molar-refractivity contribution in [2.24, 2.45) is 0 Å². The number of ether oxygens (including phenoxy) is 1. The summed E-state index contributed by atoms with van der Waals surface area (Å²) in [5.41, 5.74) is 0. The van der Waals surface area contributed by atoms with Gasteiger partial charge < -0.3 is 10.1 Å². The molecular formula is C9H15F2N3O. The van der Waals surface area contributed by atoms with Crippen LogP contribution in [0, 0.1) is 0 Å². The molecule has 0 aromatic carbocycles. The molecule has 0 radical (unpaired) electrons. The van der Waals surface area contributed by atoms with Gasteiger partial charge in [0.1, 0.15) is 12.4 Å². The van der Waals surface area contributed by atoms with Gasteiger partial charge in [-0.25, -0.2) is 8.78 Å². The molecule has 15 heavy (non-hydrogen) atoms. The second kappa shape index (κ2) is 5.65. The van der Waals surface area contributed by atoms with Crippen LogP contribution in [0.1, 0.15) is 6.92 Å². The number of aromatic nitrogens is 2. The molecule has 1 unspecified atom stereocenters. The highest BCUT2D eigenvalue weighted by Gasteiger charge is 2.07. The molecule has 0 saturated carbocycles. The van der Waals surface area contributed by atoms with Crippen molar-refractivity contribution in [1.82, 2.24) is 9.78 Å². The van der Waals surface area contributed by atoms with Crippen molar-refractivity contribution < 1.29 is 13.5 Å². The molecule has 0 fully saturated rings. The van der Waals surface area contributed by atoms with E-state index < -0.39 is 6.43 Å². The Morgan fingerprint density at radius 1 is 1.60 bits per heavy atom. The van der Waals surface area contributed by atoms with E-state index >= 15 is 0 Å². The second-order valence-corrected chi connectivity index (χ2v) is 3.31. The van der Waals surface area contributed by atoms with E-state index in [1.807, 2.05) is 6.92 Å². The van der Waals surface area contributed by atoms with E-state index in [0.29, 0.717) is 12.4 Å². The third kappa shape index (κ3) is 4.24. The van der Waals surface area contributed by atoms with Crippen molar-refractivity contribution in [3.05, 3.63) is 12.3 Å². The number of hydrogen-bond donors (Lipinski definition) is 1. The van der Waals surface area contributed by atoms with Crippen molar-refractivity contribution >= 4 is 5.82 Å². The van der Waals surface area contributed by atoms with E-state index in [4.69, 9.17) is 4.74 Å². The molecule has 0 aliphatic rings. The van der Waals surface area contributed by atoms with Crippen LogP contribution < -0.4 is 5.32 Å². The molecule has 1 atom stereocenters. The molecule has 1 aromatic heterocycles. The van der Waals surface area contributed by atoms with Crippen molar-refractivity contribution in [3.8, 4) is 0 Å². The molecule has 0 amide bonds. The topological polar surface area (TPSA) is 39.1 Å². The maximum absolute atomic E-state index is 12.0. The van der Waals surface area contributed by atoms with Crippen molar-refractivity contribution in [1.29, 1.82) is 0 Å². The molecule has 1 rings (SSSR count). The number of nitrogens with zero attached hydrogens (tertiary/aromatic N) is 2. The number of nitrogens with one attached hydrogen (secondary N) is 1. The molecule has 6 heteroatoms. The Hall–Kier alpha value is -1.17. The average Bonchev–Trinajstić information content (AvgIpc) is 2.51. The monoisotopic (exact) mass is 219 g/mol. The van der Waals surface area contributed by atoms with Gasteiger partial charge in [0, 0.05) is 25.4 Å². The highest BCUT2D eigenvalue weighted by molar-refractivity contribution is 5.33. The summed E-state index contributed by atoms with van der Waals surface area (Å²) in [6.07, 6.45) is -0.859. The van der Waals surface area contributed by atoms with Crippen LogP contribution in [0.15, 0.2) is 12.3 Å². The lowest BCUT2D eigenvalue weighted by Gasteiger charge is -2.11. The van der Waals surface area contributed by atoms with Gasteiger partial charge >= 0.3 is 0 Å². The van der Waals surface area contributed by atoms with E-state index in [1.165, 1.54) is 10.9 Å². The fraction of sp³-hybridized carbons (Fsp3) is 0.667. The van der Waals surface area contributed by atoms with Gasteiger partial charge in [0.25, 0.3) is 6.43 Å². The Morgan fingerprint density at radius 2 is 2.33 bits per heavy atom. The molecule has 0 aliphatic heterocycles. The second-order valence-electron chi connectivity index (χ2n) is 3.31. The maximum Gasteiger partial charge on any atom is 0.257 e. The van der Waals surface area contributed by atoms with Crippen molar-refractivity contribution in [2.45, 2.75) is 25.9 Å². The van der Waals surface area contributed by atoms with Crippen molar-refractivity contribution in [2.75, 3.05) is 19.0 Å². The van der Waals surface area contributed by atoms with Gasteiger partial charge in [0.15, 0.2) is 0 Å². The van der Waals surface area contributed by atoms with Gasteiger partial charge in [0.05, 0.1) is 6.61 Å². The smallest absolute Gasteiger partial charge is 0.257 e. The lowest BCUT2D eigenvalue weighted by Crippen LogP contribution is -2.21. The summed E-state index contributed by atoms with van der Waals surface area (Å²) in [6.45, 7) is 2.09. The zero-order chi connectivity index (χ0) is 11.3. The van der Waals surface area contributed by atoms with Crippen LogP contribution >= 0.6 is 0 Å². The third-order valence-corrected chi connectivity index (χ3v) is 1.78. The Bertz CT molecular complexity index is 291. The van der Waals surface area contributed by atoms with Gasteiger partial charge in [-0.2, -0.15) is 5.10 Å². The molecular weight excluding hydrogens is 204 g/mol. The summed E-state index contributed by atoms with van der Waals surface area (Å²) in [5, 5.41) is 6.98. The minimum Gasteiger partial charge on any atom is -0.383 e. The van der Waals surface area contributed by atoms with Gasteiger partial charge in [-0.1, -0.05) is 0 Å². The van der Waals surface area contributed by atoms with E-state index in [0.717, 1.165) is 0 Å². The first kappa shape index (κ1) is 11.9. The van der Waals surface area contributed by atoms with E-state index in [2.05, 4.69) is 10.4 Å². The highest BCUT2D eigenvalue weighted by atomic mass is 19.3. The number of hydrogen-bond acceptors (Lipinski definition) is 3. The molecule has 1 aromatic rings. The van der Waals surface area contributed by atoms with Crippen LogP contribution in [0.5, 0.6) is 0 Å². The first-order chi connectivity index (χ1) is 7.11. The van der Waals surface area contributed by atoms with Crippen LogP contribution in [0.3, 0.4) is 0 Å². The average molecular weight is 219 g/mol. The van der Waals surface area contributed by atoms with Gasteiger partial charge in [0.2, 0.25) is 0 Å². The Morgan fingerprint density at radius 3 is 2.93 bits per heavy atom. The minimum atomic E-state index is -2.38. The van der Waals surface area contributed by atoms with Crippen molar-refractivity contribution in [3.63, 3.8) is 0 Å². The number of halogens is 2. The molecule has 0 aliphatic carbocycles. The Kier molecular flexibility index (Phi) is 4.48. The van der Waals surface area contributed by atoms with Crippen LogP contribution in [0.2, 0.25) is 0 Å². The predicted octanol–water partition coefficient (Wildman–Crippen LogP) is 1.59. The number of rotatable bonds is 6. The Labute approximate surface area is 87.2 Å². The first-order valence-corrected chi connectivity index (χ1v) is 4.69. The lowest BCUT2D eigenvalue weighted by atomic mass is 10.3. The summed E-state index contributed by atoms with van der Waals surface area (Å²) < 4.78 is 30.2. The molecule has 0 spiro atoms. The van der Waals surface area contributed by atoms with Crippen LogP contribution in [-0.4, -0.2) is 36.0 Å². The normalized spacial score (nSPS) is 13.1. The molecule has 1 heterocycles. The van der Waals surface area contributed by atoms with Crippen LogP contribution in [0.4, 0.5) is 14.6 Å². The molecule has 86 valence electrons. The maximum atomic E-state index is 12.0. The fourth-order valence-electron chi connectivity index (χ4n) is 1.23.